The van der Waals surface area contributed by atoms with Crippen LogP contribution in [0.2, 0.25) is 0 Å². The normalized spacial score (nSPS) is 19.4. The average molecular weight is 354 g/mol. The molecule has 0 bridgehead atoms. The van der Waals surface area contributed by atoms with Gasteiger partial charge < -0.3 is 16.0 Å². The molecular weight excluding hydrogens is 336 g/mol. The highest BCUT2D eigenvalue weighted by atomic mass is 16.2. The number of carbonyl (C=O) groups is 3. The van der Waals surface area contributed by atoms with Crippen LogP contribution in [0.5, 0.6) is 0 Å². The molecule has 1 aliphatic heterocycles. The Bertz CT molecular complexity index is 919. The molecule has 3 N–H and O–H groups in total. The van der Waals surface area contributed by atoms with Gasteiger partial charge in [-0.3, -0.25) is 23.7 Å². The van der Waals surface area contributed by atoms with E-state index in [0.717, 1.165) is 0 Å². The monoisotopic (exact) mass is 354 g/mol. The van der Waals surface area contributed by atoms with Gasteiger partial charge in [-0.1, -0.05) is 6.07 Å². The molecule has 1 aliphatic rings. The highest BCUT2D eigenvalue weighted by Gasteiger charge is 2.43. The van der Waals surface area contributed by atoms with E-state index in [1.54, 1.807) is 49.6 Å². The van der Waals surface area contributed by atoms with Crippen molar-refractivity contribution in [2.24, 2.45) is 11.7 Å². The van der Waals surface area contributed by atoms with Crippen molar-refractivity contribution in [2.45, 2.75) is 6.04 Å². The molecule has 2 aromatic rings. The van der Waals surface area contributed by atoms with Gasteiger partial charge in [-0.25, -0.2) is 0 Å². The van der Waals surface area contributed by atoms with Gasteiger partial charge >= 0.3 is 0 Å². The molecule has 3 rings (SSSR count). The van der Waals surface area contributed by atoms with E-state index in [2.05, 4.69) is 5.32 Å². The zero-order valence-corrected chi connectivity index (χ0v) is 14.1. The summed E-state index contributed by atoms with van der Waals surface area (Å²) < 4.78 is 1.45. The van der Waals surface area contributed by atoms with Crippen molar-refractivity contribution in [3.8, 4) is 5.69 Å². The fraction of sp³-hybridized carbons (Fsp3) is 0.222. The van der Waals surface area contributed by atoms with Crippen LogP contribution in [0, 0.1) is 5.92 Å². The molecule has 2 heterocycles. The Morgan fingerprint density at radius 1 is 1.12 bits per heavy atom. The number of primary amides is 1. The van der Waals surface area contributed by atoms with E-state index in [4.69, 9.17) is 5.73 Å². The number of benzene rings is 1. The fourth-order valence-electron chi connectivity index (χ4n) is 3.01. The number of nitrogens with zero attached hydrogens (tertiary/aromatic N) is 2. The third-order valence-corrected chi connectivity index (χ3v) is 4.37. The number of likely N-dealkylation sites (tertiary alicyclic amines) is 1. The van der Waals surface area contributed by atoms with E-state index in [-0.39, 0.29) is 12.1 Å². The van der Waals surface area contributed by atoms with Crippen LogP contribution in [-0.4, -0.2) is 46.8 Å². The van der Waals surface area contributed by atoms with Crippen molar-refractivity contribution in [1.29, 1.82) is 0 Å². The molecule has 3 amide bonds. The van der Waals surface area contributed by atoms with Crippen LogP contribution in [0.1, 0.15) is 10.4 Å². The largest absolute Gasteiger partial charge is 0.369 e. The number of pyridine rings is 1. The van der Waals surface area contributed by atoms with Crippen LogP contribution >= 0.6 is 0 Å². The Kier molecular flexibility index (Phi) is 4.57. The molecular formula is C18H18N4O4. The Morgan fingerprint density at radius 2 is 1.81 bits per heavy atom. The number of carbonyl (C=O) groups excluding carboxylic acids is 3. The van der Waals surface area contributed by atoms with Gasteiger partial charge in [0.2, 0.25) is 11.8 Å². The van der Waals surface area contributed by atoms with E-state index in [9.17, 15) is 19.2 Å². The summed E-state index contributed by atoms with van der Waals surface area (Å²) in [5, 5.41) is 2.69. The molecule has 8 heteroatoms. The van der Waals surface area contributed by atoms with Crippen LogP contribution in [0.25, 0.3) is 5.69 Å². The van der Waals surface area contributed by atoms with Crippen molar-refractivity contribution < 1.29 is 14.4 Å². The smallest absolute Gasteiger partial charge is 0.255 e. The summed E-state index contributed by atoms with van der Waals surface area (Å²) in [5.74, 6) is -2.65. The van der Waals surface area contributed by atoms with Crippen LogP contribution < -0.4 is 16.6 Å². The predicted molar refractivity (Wildman–Crippen MR) is 93.6 cm³/mol. The van der Waals surface area contributed by atoms with E-state index in [1.165, 1.54) is 15.5 Å². The molecule has 8 nitrogen and oxygen atoms in total. The van der Waals surface area contributed by atoms with Gasteiger partial charge in [-0.2, -0.15) is 0 Å². The van der Waals surface area contributed by atoms with Gasteiger partial charge in [-0.05, 0) is 30.3 Å². The molecule has 1 aromatic heterocycles. The standard InChI is InChI=1S/C18H18N4O4/c1-21-10-13(15(16(19)24)18(21)26)20-17(25)11-5-7-12(8-6-11)22-9-3-2-4-14(22)23/h2-9,13,15H,10H2,1H3,(H2,19,24)(H,20,25). The predicted octanol–water partition coefficient (Wildman–Crippen LogP) is -0.491. The summed E-state index contributed by atoms with van der Waals surface area (Å²) in [5.41, 5.74) is 6.08. The number of nitrogens with one attached hydrogen (secondary N) is 1. The number of aromatic nitrogens is 1. The van der Waals surface area contributed by atoms with Gasteiger partial charge in [-0.15, -0.1) is 0 Å². The minimum Gasteiger partial charge on any atom is -0.369 e. The third-order valence-electron chi connectivity index (χ3n) is 4.37. The Hall–Kier alpha value is -3.42. The number of nitrogens with two attached hydrogens (primary N) is 1. The second kappa shape index (κ2) is 6.83. The van der Waals surface area contributed by atoms with Crippen LogP contribution in [0.3, 0.4) is 0 Å². The first-order valence-corrected chi connectivity index (χ1v) is 8.02. The highest BCUT2D eigenvalue weighted by molar-refractivity contribution is 6.03. The quantitative estimate of drug-likeness (QED) is 0.721. The lowest BCUT2D eigenvalue weighted by Crippen LogP contribution is -2.45. The van der Waals surface area contributed by atoms with Crippen LogP contribution in [-0.2, 0) is 9.59 Å². The first kappa shape index (κ1) is 17.4. The zero-order chi connectivity index (χ0) is 18.8. The van der Waals surface area contributed by atoms with Gasteiger partial charge in [0.05, 0.1) is 6.04 Å². The molecule has 0 saturated carbocycles. The maximum atomic E-state index is 12.4. The average Bonchev–Trinajstić information content (AvgIpc) is 2.89. The Labute approximate surface area is 149 Å². The first-order valence-electron chi connectivity index (χ1n) is 8.02. The number of rotatable bonds is 4. The maximum absolute atomic E-state index is 12.4. The molecule has 2 unspecified atom stereocenters. The molecule has 26 heavy (non-hydrogen) atoms. The van der Waals surface area contributed by atoms with E-state index < -0.39 is 29.7 Å². The molecule has 2 atom stereocenters. The maximum Gasteiger partial charge on any atom is 0.255 e. The topological polar surface area (TPSA) is 114 Å². The summed E-state index contributed by atoms with van der Waals surface area (Å²) in [7, 11) is 1.55. The lowest BCUT2D eigenvalue weighted by molar-refractivity contribution is -0.135. The summed E-state index contributed by atoms with van der Waals surface area (Å²) in [6.45, 7) is 0.218. The molecule has 1 saturated heterocycles. The van der Waals surface area contributed by atoms with Crippen molar-refractivity contribution >= 4 is 17.7 Å². The third kappa shape index (κ3) is 3.21. The lowest BCUT2D eigenvalue weighted by atomic mass is 10.0. The van der Waals surface area contributed by atoms with Gasteiger partial charge in [0.1, 0.15) is 5.92 Å². The van der Waals surface area contributed by atoms with Gasteiger partial charge in [0, 0.05) is 37.1 Å². The molecule has 0 radical (unpaired) electrons. The Morgan fingerprint density at radius 3 is 2.42 bits per heavy atom. The lowest BCUT2D eigenvalue weighted by Gasteiger charge is -2.16. The summed E-state index contributed by atoms with van der Waals surface area (Å²) >= 11 is 0. The van der Waals surface area contributed by atoms with Crippen LogP contribution in [0.15, 0.2) is 53.5 Å². The fourth-order valence-corrected chi connectivity index (χ4v) is 3.01. The van der Waals surface area contributed by atoms with Crippen LogP contribution in [0.4, 0.5) is 0 Å². The summed E-state index contributed by atoms with van der Waals surface area (Å²) in [6.07, 6.45) is 1.63. The molecule has 1 aromatic carbocycles. The second-order valence-corrected chi connectivity index (χ2v) is 6.13. The molecule has 134 valence electrons. The van der Waals surface area contributed by atoms with Crippen molar-refractivity contribution in [3.05, 3.63) is 64.6 Å². The Balaban J connectivity index is 1.77. The molecule has 0 spiro atoms. The van der Waals surface area contributed by atoms with E-state index in [0.29, 0.717) is 11.3 Å². The first-order chi connectivity index (χ1) is 12.4. The van der Waals surface area contributed by atoms with Crippen molar-refractivity contribution in [3.63, 3.8) is 0 Å². The highest BCUT2D eigenvalue weighted by Crippen LogP contribution is 2.18. The summed E-state index contributed by atoms with van der Waals surface area (Å²) in [6, 6.07) is 10.6. The SMILES string of the molecule is CN1CC(NC(=O)c2ccc(-n3ccccc3=O)cc2)C(C(N)=O)C1=O. The minimum atomic E-state index is -1.06. The van der Waals surface area contributed by atoms with E-state index >= 15 is 0 Å². The van der Waals surface area contributed by atoms with E-state index in [1.807, 2.05) is 0 Å². The number of hydrogen-bond donors (Lipinski definition) is 2. The molecule has 0 aliphatic carbocycles. The molecule has 1 fully saturated rings. The van der Waals surface area contributed by atoms with Crippen molar-refractivity contribution in [2.75, 3.05) is 13.6 Å². The zero-order valence-electron chi connectivity index (χ0n) is 14.1. The number of likely N-dealkylation sites (N-methyl/N-ethyl adjacent to an activating group) is 1. The minimum absolute atomic E-state index is 0.179. The number of amides is 3. The second-order valence-electron chi connectivity index (χ2n) is 6.13. The number of hydrogen-bond acceptors (Lipinski definition) is 4. The summed E-state index contributed by atoms with van der Waals surface area (Å²) in [4.78, 5) is 49.1. The van der Waals surface area contributed by atoms with Gasteiger partial charge in [0.15, 0.2) is 0 Å². The van der Waals surface area contributed by atoms with Gasteiger partial charge in [0.25, 0.3) is 11.5 Å². The van der Waals surface area contributed by atoms with Crippen molar-refractivity contribution in [1.82, 2.24) is 14.8 Å².